The Kier molecular flexibility index (Phi) is 5.92. The van der Waals surface area contributed by atoms with Crippen LogP contribution in [0.1, 0.15) is 69.2 Å². The van der Waals surface area contributed by atoms with Crippen LogP contribution in [0.5, 0.6) is 0 Å². The lowest BCUT2D eigenvalue weighted by molar-refractivity contribution is 0.589. The lowest BCUT2D eigenvalue weighted by atomic mass is 9.82. The Morgan fingerprint density at radius 2 is 1.58 bits per heavy atom. The van der Waals surface area contributed by atoms with E-state index in [0.717, 1.165) is 12.8 Å². The maximum absolute atomic E-state index is 2.60. The highest BCUT2D eigenvalue weighted by Gasteiger charge is 2.42. The minimum atomic E-state index is -2.02. The van der Waals surface area contributed by atoms with Crippen LogP contribution in [-0.4, -0.2) is 8.07 Å². The Balaban J connectivity index is 1.42. The third-order valence-electron chi connectivity index (χ3n) is 9.07. The quantitative estimate of drug-likeness (QED) is 0.306. The standard InChI is InChI=1S/C37H40Si/c1-24-22-28-17-16-26-12-8-9-14-31(26)34(28)36(24)38(6,7)35-25(2)23-33-30(13-10-11-15-32(33)35)27-18-20-29(21-19-27)37(3,4)5/h8-12,14-21,23,30H,13,22H2,1-7H3. The second-order valence-corrected chi connectivity index (χ2v) is 17.4. The average molecular weight is 513 g/mol. The van der Waals surface area contributed by atoms with Crippen molar-refractivity contribution in [3.63, 3.8) is 0 Å². The Labute approximate surface area is 230 Å². The van der Waals surface area contributed by atoms with Gasteiger partial charge in [0.15, 0.2) is 0 Å². The molecule has 3 aliphatic carbocycles. The molecule has 0 saturated carbocycles. The average Bonchev–Trinajstić information content (AvgIpc) is 3.33. The normalized spacial score (nSPS) is 19.5. The molecule has 0 nitrogen and oxygen atoms in total. The third-order valence-corrected chi connectivity index (χ3v) is 12.9. The van der Waals surface area contributed by atoms with Crippen molar-refractivity contribution in [2.24, 2.45) is 0 Å². The zero-order chi connectivity index (χ0) is 26.8. The zero-order valence-corrected chi connectivity index (χ0v) is 25.1. The van der Waals surface area contributed by atoms with Gasteiger partial charge in [-0.25, -0.2) is 0 Å². The van der Waals surface area contributed by atoms with Crippen LogP contribution in [0.4, 0.5) is 0 Å². The maximum atomic E-state index is 2.60. The molecule has 0 spiro atoms. The summed E-state index contributed by atoms with van der Waals surface area (Å²) in [5.41, 5.74) is 12.1. The predicted molar refractivity (Wildman–Crippen MR) is 168 cm³/mol. The van der Waals surface area contributed by atoms with Crippen LogP contribution in [0.2, 0.25) is 13.1 Å². The highest BCUT2D eigenvalue weighted by molar-refractivity contribution is 7.01. The summed E-state index contributed by atoms with van der Waals surface area (Å²) in [5.74, 6) is 0.401. The van der Waals surface area contributed by atoms with Crippen molar-refractivity contribution in [3.8, 4) is 0 Å². The fourth-order valence-corrected chi connectivity index (χ4v) is 11.7. The van der Waals surface area contributed by atoms with E-state index in [1.165, 1.54) is 49.7 Å². The Hall–Kier alpha value is -3.16. The zero-order valence-electron chi connectivity index (χ0n) is 24.1. The minimum Gasteiger partial charge on any atom is -0.0836 e. The van der Waals surface area contributed by atoms with Crippen molar-refractivity contribution in [2.45, 2.75) is 71.9 Å². The molecule has 1 unspecified atom stereocenters. The Bertz CT molecular complexity index is 1610. The van der Waals surface area contributed by atoms with Crippen molar-refractivity contribution >= 4 is 24.0 Å². The molecule has 192 valence electrons. The fourth-order valence-electron chi connectivity index (χ4n) is 7.39. The summed E-state index contributed by atoms with van der Waals surface area (Å²) in [6.45, 7) is 16.8. The van der Waals surface area contributed by atoms with Crippen molar-refractivity contribution in [2.75, 3.05) is 0 Å². The molecule has 38 heavy (non-hydrogen) atoms. The lowest BCUT2D eigenvalue weighted by Gasteiger charge is -2.32. The van der Waals surface area contributed by atoms with Gasteiger partial charge in [0.2, 0.25) is 0 Å². The summed E-state index contributed by atoms with van der Waals surface area (Å²) >= 11 is 0. The molecule has 1 atom stereocenters. The molecular weight excluding hydrogens is 472 g/mol. The number of hydrogen-bond donors (Lipinski definition) is 0. The first kappa shape index (κ1) is 25.1. The van der Waals surface area contributed by atoms with Crippen LogP contribution in [-0.2, 0) is 11.8 Å². The lowest BCUT2D eigenvalue weighted by Crippen LogP contribution is -2.33. The monoisotopic (exact) mass is 512 g/mol. The summed E-state index contributed by atoms with van der Waals surface area (Å²) < 4.78 is 0. The van der Waals surface area contributed by atoms with Crippen LogP contribution in [0.25, 0.3) is 16.0 Å². The summed E-state index contributed by atoms with van der Waals surface area (Å²) in [7, 11) is -2.02. The van der Waals surface area contributed by atoms with E-state index < -0.39 is 8.07 Å². The van der Waals surface area contributed by atoms with Gasteiger partial charge in [-0.2, -0.15) is 0 Å². The molecule has 0 bridgehead atoms. The van der Waals surface area contributed by atoms with Crippen molar-refractivity contribution in [3.05, 3.63) is 135 Å². The van der Waals surface area contributed by atoms with Gasteiger partial charge in [-0.1, -0.05) is 130 Å². The molecule has 0 saturated heterocycles. The van der Waals surface area contributed by atoms with Gasteiger partial charge in [-0.3, -0.25) is 0 Å². The van der Waals surface area contributed by atoms with Crippen molar-refractivity contribution < 1.29 is 0 Å². The maximum Gasteiger partial charge on any atom is 0.114 e. The molecule has 0 N–H and O–H groups in total. The van der Waals surface area contributed by atoms with Crippen LogP contribution >= 0.6 is 0 Å². The molecule has 0 heterocycles. The Morgan fingerprint density at radius 3 is 2.32 bits per heavy atom. The van der Waals surface area contributed by atoms with Crippen molar-refractivity contribution in [1.82, 2.24) is 0 Å². The molecule has 0 radical (unpaired) electrons. The van der Waals surface area contributed by atoms with E-state index in [-0.39, 0.29) is 5.41 Å². The summed E-state index contributed by atoms with van der Waals surface area (Å²) in [5, 5.41) is 6.07. The first-order valence-corrected chi connectivity index (χ1v) is 17.2. The van der Waals surface area contributed by atoms with Crippen LogP contribution in [0.3, 0.4) is 0 Å². The van der Waals surface area contributed by atoms with E-state index in [1.54, 1.807) is 16.0 Å². The number of hydrogen-bond acceptors (Lipinski definition) is 0. The van der Waals surface area contributed by atoms with Gasteiger partial charge in [-0.15, -0.1) is 0 Å². The van der Waals surface area contributed by atoms with Gasteiger partial charge in [-0.05, 0) is 86.7 Å². The Morgan fingerprint density at radius 1 is 0.842 bits per heavy atom. The first-order chi connectivity index (χ1) is 18.1. The second-order valence-electron chi connectivity index (χ2n) is 13.1. The fraction of sp³-hybridized carbons (Fsp3) is 0.297. The molecule has 1 heteroatoms. The number of allylic oxidation sites excluding steroid dienone is 9. The van der Waals surface area contributed by atoms with Gasteiger partial charge >= 0.3 is 0 Å². The number of fused-ring (bicyclic) bond motifs is 4. The molecule has 3 aromatic carbocycles. The van der Waals surface area contributed by atoms with Gasteiger partial charge in [0.05, 0.1) is 0 Å². The molecule has 0 amide bonds. The van der Waals surface area contributed by atoms with Gasteiger partial charge in [0, 0.05) is 5.92 Å². The summed E-state index contributed by atoms with van der Waals surface area (Å²) in [4.78, 5) is 0. The van der Waals surface area contributed by atoms with E-state index in [9.17, 15) is 0 Å². The van der Waals surface area contributed by atoms with Crippen LogP contribution in [0, 0.1) is 0 Å². The van der Waals surface area contributed by atoms with E-state index in [1.807, 2.05) is 0 Å². The van der Waals surface area contributed by atoms with Gasteiger partial charge in [0.25, 0.3) is 0 Å². The van der Waals surface area contributed by atoms with Crippen molar-refractivity contribution in [1.29, 1.82) is 0 Å². The van der Waals surface area contributed by atoms with E-state index in [0.29, 0.717) is 5.92 Å². The predicted octanol–water partition coefficient (Wildman–Crippen LogP) is 10.2. The number of rotatable bonds is 3. The molecule has 0 aromatic heterocycles. The molecule has 6 rings (SSSR count). The molecule has 3 aromatic rings. The SMILES string of the molecule is CC1=C([Si](C)(C)C2=C(C)Cc3ccc4ccccc4c32)C2=CC=CCC(c3ccc(C(C)(C)C)cc3)C2=C1. The van der Waals surface area contributed by atoms with E-state index >= 15 is 0 Å². The summed E-state index contributed by atoms with van der Waals surface area (Å²) in [6, 6.07) is 23.1. The number of benzene rings is 3. The molecule has 3 aliphatic rings. The largest absolute Gasteiger partial charge is 0.114 e. The van der Waals surface area contributed by atoms with Gasteiger partial charge in [0.1, 0.15) is 8.07 Å². The smallest absolute Gasteiger partial charge is 0.0836 e. The third kappa shape index (κ3) is 3.95. The highest BCUT2D eigenvalue weighted by Crippen LogP contribution is 2.52. The molecule has 0 aliphatic heterocycles. The van der Waals surface area contributed by atoms with E-state index in [4.69, 9.17) is 0 Å². The molecule has 0 fully saturated rings. The van der Waals surface area contributed by atoms with Crippen LogP contribution < -0.4 is 0 Å². The minimum absolute atomic E-state index is 0.174. The van der Waals surface area contributed by atoms with Crippen LogP contribution in [0.15, 0.2) is 112 Å². The molecular formula is C37H40Si. The second kappa shape index (κ2) is 8.95. The summed E-state index contributed by atoms with van der Waals surface area (Å²) in [6.07, 6.45) is 11.8. The van der Waals surface area contributed by atoms with Gasteiger partial charge < -0.3 is 0 Å². The highest BCUT2D eigenvalue weighted by atomic mass is 28.3. The van der Waals surface area contributed by atoms with E-state index in [2.05, 4.69) is 133 Å². The topological polar surface area (TPSA) is 0 Å². The first-order valence-electron chi connectivity index (χ1n) is 14.2.